The monoisotopic (exact) mass is 363 g/mol. The van der Waals surface area contributed by atoms with Gasteiger partial charge in [-0.25, -0.2) is 8.42 Å². The normalized spacial score (nSPS) is 12.7. The molecule has 0 aromatic heterocycles. The molecule has 0 aliphatic carbocycles. The molecular weight excluding hydrogens is 338 g/mol. The third-order valence-corrected chi connectivity index (χ3v) is 6.26. The van der Waals surface area contributed by atoms with E-state index in [9.17, 15) is 8.42 Å². The summed E-state index contributed by atoms with van der Waals surface area (Å²) in [6.07, 6.45) is 0.723. The first-order valence-electron chi connectivity index (χ1n) is 8.11. The Morgan fingerprint density at radius 2 is 1.64 bits per heavy atom. The Labute approximate surface area is 149 Å². The molecule has 1 N–H and O–H groups in total. The minimum absolute atomic E-state index is 0.272. The van der Waals surface area contributed by atoms with Gasteiger partial charge < -0.3 is 14.8 Å². The predicted octanol–water partition coefficient (Wildman–Crippen LogP) is 3.27. The first kappa shape index (κ1) is 19.3. The summed E-state index contributed by atoms with van der Waals surface area (Å²) in [7, 11) is 1.11. The van der Waals surface area contributed by atoms with E-state index < -0.39 is 15.2 Å². The van der Waals surface area contributed by atoms with Crippen molar-refractivity contribution in [1.82, 2.24) is 5.32 Å². The number of nitrogens with one attached hydrogen (secondary N) is 1. The van der Waals surface area contributed by atoms with Crippen LogP contribution in [0.25, 0.3) is 0 Å². The van der Waals surface area contributed by atoms with Gasteiger partial charge in [-0.2, -0.15) is 0 Å². The lowest BCUT2D eigenvalue weighted by molar-refractivity contribution is 0.386. The number of aryl methyl sites for hydroxylation is 2. The van der Waals surface area contributed by atoms with Crippen molar-refractivity contribution in [3.05, 3.63) is 53.1 Å². The Hall–Kier alpha value is -2.05. The van der Waals surface area contributed by atoms with Gasteiger partial charge in [-0.3, -0.25) is 0 Å². The van der Waals surface area contributed by atoms with Crippen LogP contribution in [0.3, 0.4) is 0 Å². The highest BCUT2D eigenvalue weighted by atomic mass is 32.2. The fourth-order valence-electron chi connectivity index (χ4n) is 2.81. The Kier molecular flexibility index (Phi) is 6.08. The fourth-order valence-corrected chi connectivity index (χ4v) is 4.43. The molecule has 0 spiro atoms. The Bertz CT molecular complexity index is 829. The van der Waals surface area contributed by atoms with E-state index in [0.29, 0.717) is 17.1 Å². The summed E-state index contributed by atoms with van der Waals surface area (Å²) in [5.74, 6) is 1.16. The summed E-state index contributed by atoms with van der Waals surface area (Å²) < 4.78 is 37.1. The molecule has 2 rings (SSSR count). The van der Waals surface area contributed by atoms with E-state index in [1.54, 1.807) is 44.5 Å². The lowest BCUT2D eigenvalue weighted by Crippen LogP contribution is -2.26. The van der Waals surface area contributed by atoms with Gasteiger partial charge in [0.25, 0.3) is 0 Å². The molecule has 0 heterocycles. The Balaban J connectivity index is 2.62. The summed E-state index contributed by atoms with van der Waals surface area (Å²) in [6.45, 7) is 3.92. The zero-order valence-electron chi connectivity index (χ0n) is 15.3. The first-order valence-corrected chi connectivity index (χ1v) is 9.66. The van der Waals surface area contributed by atoms with Crippen molar-refractivity contribution in [2.45, 2.75) is 30.5 Å². The lowest BCUT2D eigenvalue weighted by atomic mass is 10.1. The van der Waals surface area contributed by atoms with Crippen molar-refractivity contribution in [3.8, 4) is 11.5 Å². The van der Waals surface area contributed by atoms with Crippen molar-refractivity contribution in [3.63, 3.8) is 0 Å². The molecule has 25 heavy (non-hydrogen) atoms. The van der Waals surface area contributed by atoms with Crippen LogP contribution in [0.1, 0.15) is 29.0 Å². The molecule has 0 amide bonds. The van der Waals surface area contributed by atoms with Crippen LogP contribution >= 0.6 is 0 Å². The number of benzene rings is 2. The third-order valence-electron chi connectivity index (χ3n) is 4.22. The van der Waals surface area contributed by atoms with Crippen LogP contribution < -0.4 is 14.8 Å². The molecule has 0 aliphatic heterocycles. The number of rotatable bonds is 7. The maximum Gasteiger partial charge on any atom is 0.198 e. The molecule has 0 bridgehead atoms. The first-order chi connectivity index (χ1) is 11.9. The second kappa shape index (κ2) is 7.89. The van der Waals surface area contributed by atoms with Crippen molar-refractivity contribution < 1.29 is 17.9 Å². The third kappa shape index (κ3) is 3.80. The maximum atomic E-state index is 13.1. The fraction of sp³-hybridized carbons (Fsp3) is 0.368. The van der Waals surface area contributed by atoms with Gasteiger partial charge in [0, 0.05) is 11.6 Å². The van der Waals surface area contributed by atoms with Gasteiger partial charge >= 0.3 is 0 Å². The van der Waals surface area contributed by atoms with Crippen molar-refractivity contribution in [2.24, 2.45) is 0 Å². The second-order valence-corrected chi connectivity index (χ2v) is 7.82. The Morgan fingerprint density at radius 1 is 1.04 bits per heavy atom. The summed E-state index contributed by atoms with van der Waals surface area (Å²) in [6, 6.07) is 10.4. The zero-order chi connectivity index (χ0) is 18.6. The molecule has 0 saturated carbocycles. The van der Waals surface area contributed by atoms with Gasteiger partial charge in [0.2, 0.25) is 0 Å². The van der Waals surface area contributed by atoms with Gasteiger partial charge in [0.1, 0.15) is 16.9 Å². The maximum absolute atomic E-state index is 13.1. The van der Waals surface area contributed by atoms with E-state index in [2.05, 4.69) is 5.32 Å². The second-order valence-electron chi connectivity index (χ2n) is 5.79. The zero-order valence-corrected chi connectivity index (χ0v) is 16.1. The van der Waals surface area contributed by atoms with Crippen molar-refractivity contribution in [1.29, 1.82) is 0 Å². The Morgan fingerprint density at radius 3 is 2.12 bits per heavy atom. The average molecular weight is 363 g/mol. The van der Waals surface area contributed by atoms with Crippen LogP contribution in [0.2, 0.25) is 0 Å². The average Bonchev–Trinajstić information content (AvgIpc) is 2.61. The topological polar surface area (TPSA) is 64.6 Å². The molecular formula is C19H25NO4S. The molecule has 0 radical (unpaired) electrons. The van der Waals surface area contributed by atoms with Crippen LogP contribution in [-0.2, 0) is 16.3 Å². The summed E-state index contributed by atoms with van der Waals surface area (Å²) >= 11 is 0. The number of hydrogen-bond acceptors (Lipinski definition) is 5. The van der Waals surface area contributed by atoms with Gasteiger partial charge in [-0.1, -0.05) is 24.6 Å². The van der Waals surface area contributed by atoms with E-state index in [1.165, 1.54) is 7.11 Å². The largest absolute Gasteiger partial charge is 0.496 e. The molecule has 1 atom stereocenters. The molecule has 1 unspecified atom stereocenters. The van der Waals surface area contributed by atoms with Crippen molar-refractivity contribution >= 4 is 9.84 Å². The van der Waals surface area contributed by atoms with Crippen LogP contribution in [0.15, 0.2) is 41.3 Å². The minimum atomic E-state index is -3.63. The number of sulfone groups is 1. The standard InChI is InChI=1S/C19H25NO4S/c1-6-14-11-16(18(24-5)12-17(14)23-4)19(20-3)25(21,22)15-9-7-13(2)8-10-15/h7-12,19-20H,6H2,1-5H3. The molecule has 5 nitrogen and oxygen atoms in total. The quantitative estimate of drug-likeness (QED) is 0.818. The molecule has 6 heteroatoms. The summed E-state index contributed by atoms with van der Waals surface area (Å²) in [5, 5.41) is 2.01. The highest BCUT2D eigenvalue weighted by Crippen LogP contribution is 2.37. The summed E-state index contributed by atoms with van der Waals surface area (Å²) in [5.41, 5.74) is 2.51. The molecule has 0 fully saturated rings. The van der Waals surface area contributed by atoms with E-state index in [-0.39, 0.29) is 4.90 Å². The predicted molar refractivity (Wildman–Crippen MR) is 99.1 cm³/mol. The van der Waals surface area contributed by atoms with Gasteiger partial charge in [0.15, 0.2) is 9.84 Å². The van der Waals surface area contributed by atoms with Crippen LogP contribution in [0.5, 0.6) is 11.5 Å². The van der Waals surface area contributed by atoms with Gasteiger partial charge in [0.05, 0.1) is 19.1 Å². The lowest BCUT2D eigenvalue weighted by Gasteiger charge is -2.22. The molecule has 0 aliphatic rings. The highest BCUT2D eigenvalue weighted by Gasteiger charge is 2.31. The number of ether oxygens (including phenoxy) is 2. The van der Waals surface area contributed by atoms with Crippen LogP contribution in [0.4, 0.5) is 0 Å². The SMILES string of the molecule is CCc1cc(C(NC)S(=O)(=O)c2ccc(C)cc2)c(OC)cc1OC. The number of hydrogen-bond donors (Lipinski definition) is 1. The van der Waals surface area contributed by atoms with E-state index in [1.807, 2.05) is 19.9 Å². The molecule has 136 valence electrons. The summed E-state index contributed by atoms with van der Waals surface area (Å²) in [4.78, 5) is 0.272. The van der Waals surface area contributed by atoms with E-state index >= 15 is 0 Å². The molecule has 2 aromatic carbocycles. The van der Waals surface area contributed by atoms with E-state index in [4.69, 9.17) is 9.47 Å². The number of methoxy groups -OCH3 is 2. The van der Waals surface area contributed by atoms with Crippen LogP contribution in [-0.4, -0.2) is 29.7 Å². The smallest absolute Gasteiger partial charge is 0.198 e. The molecule has 0 saturated heterocycles. The van der Waals surface area contributed by atoms with E-state index in [0.717, 1.165) is 17.5 Å². The highest BCUT2D eigenvalue weighted by molar-refractivity contribution is 7.91. The molecule has 2 aromatic rings. The van der Waals surface area contributed by atoms with Crippen molar-refractivity contribution in [2.75, 3.05) is 21.3 Å². The van der Waals surface area contributed by atoms with Gasteiger partial charge in [-0.05, 0) is 44.2 Å². The minimum Gasteiger partial charge on any atom is -0.496 e. The van der Waals surface area contributed by atoms with Gasteiger partial charge in [-0.15, -0.1) is 0 Å². The van der Waals surface area contributed by atoms with Crippen LogP contribution in [0, 0.1) is 6.92 Å².